The zero-order valence-corrected chi connectivity index (χ0v) is 13.9. The number of carbonyl (C=O) groups excluding carboxylic acids is 1. The van der Waals surface area contributed by atoms with Crippen molar-refractivity contribution < 1.29 is 14.6 Å². The van der Waals surface area contributed by atoms with Crippen LogP contribution in [0.25, 0.3) is 0 Å². The molecule has 6 heteroatoms. The van der Waals surface area contributed by atoms with Gasteiger partial charge in [-0.05, 0) is 5.56 Å². The Kier molecular flexibility index (Phi) is 6.03. The largest absolute Gasteiger partial charge is 0.349 e. The molecule has 0 bridgehead atoms. The normalized spacial score (nSPS) is 12.0. The number of rotatable bonds is 7. The first-order valence-corrected chi connectivity index (χ1v) is 7.82. The van der Waals surface area contributed by atoms with Gasteiger partial charge in [0.15, 0.2) is 0 Å². The molecule has 1 atom stereocenters. The van der Waals surface area contributed by atoms with Crippen molar-refractivity contribution in [2.45, 2.75) is 12.5 Å². The monoisotopic (exact) mass is 328 g/mol. The average molecular weight is 328 g/mol. The van der Waals surface area contributed by atoms with Gasteiger partial charge in [0.25, 0.3) is 5.69 Å². The molecule has 0 aliphatic carbocycles. The molecular weight excluding hydrogens is 306 g/mol. The van der Waals surface area contributed by atoms with Crippen molar-refractivity contribution in [1.29, 1.82) is 0 Å². The quantitative estimate of drug-likeness (QED) is 0.591. The number of quaternary nitrogens is 1. The Bertz CT molecular complexity index is 684. The Morgan fingerprint density at radius 1 is 1.12 bits per heavy atom. The molecule has 6 nitrogen and oxygen atoms in total. The molecule has 2 aromatic rings. The molecule has 1 amide bonds. The second-order valence-electron chi connectivity index (χ2n) is 5.95. The Morgan fingerprint density at radius 3 is 2.29 bits per heavy atom. The van der Waals surface area contributed by atoms with Gasteiger partial charge in [-0.15, -0.1) is 0 Å². The van der Waals surface area contributed by atoms with E-state index in [2.05, 4.69) is 31.5 Å². The Balaban J connectivity index is 1.92. The molecule has 0 saturated heterocycles. The summed E-state index contributed by atoms with van der Waals surface area (Å²) < 4.78 is 0. The lowest BCUT2D eigenvalue weighted by Crippen LogP contribution is -3.07. The van der Waals surface area contributed by atoms with Gasteiger partial charge >= 0.3 is 0 Å². The molecule has 0 aliphatic heterocycles. The Labute approximate surface area is 141 Å². The number of likely N-dealkylation sites (N-methyl/N-ethyl adjacent to an activating group) is 1. The molecule has 0 radical (unpaired) electrons. The summed E-state index contributed by atoms with van der Waals surface area (Å²) in [7, 11) is 4.11. The van der Waals surface area contributed by atoms with Crippen LogP contribution < -0.4 is 10.2 Å². The maximum Gasteiger partial charge on any atom is 0.269 e. The van der Waals surface area contributed by atoms with Crippen molar-refractivity contribution in [3.05, 3.63) is 75.8 Å². The summed E-state index contributed by atoms with van der Waals surface area (Å²) in [5.41, 5.74) is 1.96. The van der Waals surface area contributed by atoms with E-state index in [1.165, 1.54) is 22.6 Å². The summed E-state index contributed by atoms with van der Waals surface area (Å²) in [4.78, 5) is 23.6. The van der Waals surface area contributed by atoms with E-state index < -0.39 is 4.92 Å². The van der Waals surface area contributed by atoms with Crippen LogP contribution in [0, 0.1) is 10.1 Å². The molecule has 126 valence electrons. The zero-order chi connectivity index (χ0) is 17.5. The molecule has 0 saturated carbocycles. The molecule has 0 aromatic heterocycles. The minimum absolute atomic E-state index is 0.0273. The first-order valence-electron chi connectivity index (χ1n) is 7.82. The van der Waals surface area contributed by atoms with Crippen LogP contribution in [-0.2, 0) is 11.2 Å². The highest BCUT2D eigenvalue weighted by atomic mass is 16.6. The van der Waals surface area contributed by atoms with Gasteiger partial charge in [0.1, 0.15) is 6.04 Å². The minimum atomic E-state index is -0.450. The highest BCUT2D eigenvalue weighted by Crippen LogP contribution is 2.12. The second kappa shape index (κ2) is 8.21. The van der Waals surface area contributed by atoms with Gasteiger partial charge in [0.05, 0.1) is 32.0 Å². The lowest BCUT2D eigenvalue weighted by molar-refractivity contribution is -0.890. The predicted octanol–water partition coefficient (Wildman–Crippen LogP) is 1.14. The number of nitro benzene ring substituents is 1. The number of amides is 1. The molecule has 0 spiro atoms. The van der Waals surface area contributed by atoms with Crippen molar-refractivity contribution >= 4 is 11.6 Å². The van der Waals surface area contributed by atoms with Crippen LogP contribution in [-0.4, -0.2) is 31.5 Å². The van der Waals surface area contributed by atoms with E-state index in [4.69, 9.17) is 0 Å². The summed E-state index contributed by atoms with van der Waals surface area (Å²) >= 11 is 0. The van der Waals surface area contributed by atoms with Crippen LogP contribution in [0.1, 0.15) is 17.2 Å². The van der Waals surface area contributed by atoms with Crippen molar-refractivity contribution in [3.8, 4) is 0 Å². The van der Waals surface area contributed by atoms with E-state index in [0.717, 1.165) is 5.56 Å². The van der Waals surface area contributed by atoms with E-state index >= 15 is 0 Å². The molecule has 24 heavy (non-hydrogen) atoms. The van der Waals surface area contributed by atoms with Crippen LogP contribution in [0.3, 0.4) is 0 Å². The van der Waals surface area contributed by atoms with Gasteiger partial charge in [-0.1, -0.05) is 42.5 Å². The van der Waals surface area contributed by atoms with Crippen LogP contribution in [0.5, 0.6) is 0 Å². The van der Waals surface area contributed by atoms with Gasteiger partial charge in [-0.2, -0.15) is 0 Å². The van der Waals surface area contributed by atoms with Crippen molar-refractivity contribution in [2.75, 3.05) is 20.6 Å². The fourth-order valence-corrected chi connectivity index (χ4v) is 2.54. The number of nitrogens with one attached hydrogen (secondary N) is 2. The zero-order valence-electron chi connectivity index (χ0n) is 13.9. The Hall–Kier alpha value is -2.73. The van der Waals surface area contributed by atoms with E-state index in [0.29, 0.717) is 6.54 Å². The molecule has 0 heterocycles. The van der Waals surface area contributed by atoms with Crippen molar-refractivity contribution in [3.63, 3.8) is 0 Å². The third-order valence-corrected chi connectivity index (χ3v) is 3.91. The summed E-state index contributed by atoms with van der Waals surface area (Å²) in [5.74, 6) is -0.0916. The number of nitro groups is 1. The molecule has 0 aliphatic rings. The number of benzene rings is 2. The van der Waals surface area contributed by atoms with Crippen LogP contribution >= 0.6 is 0 Å². The van der Waals surface area contributed by atoms with E-state index in [-0.39, 0.29) is 24.1 Å². The van der Waals surface area contributed by atoms with Gasteiger partial charge in [0.2, 0.25) is 5.91 Å². The molecular formula is C18H22N3O3+. The lowest BCUT2D eigenvalue weighted by atomic mass is 10.1. The first kappa shape index (κ1) is 17.6. The van der Waals surface area contributed by atoms with Crippen LogP contribution in [0.4, 0.5) is 5.69 Å². The predicted molar refractivity (Wildman–Crippen MR) is 91.8 cm³/mol. The third kappa shape index (κ3) is 4.89. The Morgan fingerprint density at radius 2 is 1.75 bits per heavy atom. The number of non-ortho nitro benzene ring substituents is 1. The van der Waals surface area contributed by atoms with Crippen molar-refractivity contribution in [2.24, 2.45) is 0 Å². The number of hydrogen-bond donors (Lipinski definition) is 2. The van der Waals surface area contributed by atoms with Crippen LogP contribution in [0.15, 0.2) is 54.6 Å². The SMILES string of the molecule is C[NH+](C)[C@@H](CNC(=O)Cc1ccc([N+](=O)[O-])cc1)c1ccccc1. The van der Waals surface area contributed by atoms with Crippen LogP contribution in [0.2, 0.25) is 0 Å². The summed E-state index contributed by atoms with van der Waals surface area (Å²) in [6.07, 6.45) is 0.211. The minimum Gasteiger partial charge on any atom is -0.349 e. The van der Waals surface area contributed by atoms with Crippen molar-refractivity contribution in [1.82, 2.24) is 5.32 Å². The molecule has 0 unspecified atom stereocenters. The standard InChI is InChI=1S/C18H21N3O3/c1-20(2)17(15-6-4-3-5-7-15)13-19-18(22)12-14-8-10-16(11-9-14)21(23)24/h3-11,17H,12-13H2,1-2H3,(H,19,22)/p+1/t17-/m0/s1. The second-order valence-corrected chi connectivity index (χ2v) is 5.95. The third-order valence-electron chi connectivity index (χ3n) is 3.91. The number of hydrogen-bond acceptors (Lipinski definition) is 3. The number of carbonyl (C=O) groups is 1. The summed E-state index contributed by atoms with van der Waals surface area (Å²) in [6.45, 7) is 0.540. The van der Waals surface area contributed by atoms with Gasteiger partial charge in [-0.25, -0.2) is 0 Å². The fourth-order valence-electron chi connectivity index (χ4n) is 2.54. The van der Waals surface area contributed by atoms with Gasteiger partial charge in [-0.3, -0.25) is 14.9 Å². The van der Waals surface area contributed by atoms with E-state index in [1.807, 2.05) is 18.2 Å². The lowest BCUT2D eigenvalue weighted by Gasteiger charge is -2.22. The molecule has 2 aromatic carbocycles. The maximum atomic E-state index is 12.1. The highest BCUT2D eigenvalue weighted by molar-refractivity contribution is 5.78. The molecule has 2 N–H and O–H groups in total. The maximum absolute atomic E-state index is 12.1. The molecule has 0 fully saturated rings. The van der Waals surface area contributed by atoms with Gasteiger partial charge < -0.3 is 10.2 Å². The highest BCUT2D eigenvalue weighted by Gasteiger charge is 2.18. The fraction of sp³-hybridized carbons (Fsp3) is 0.278. The first-order chi connectivity index (χ1) is 11.5. The van der Waals surface area contributed by atoms with E-state index in [9.17, 15) is 14.9 Å². The molecule has 2 rings (SSSR count). The van der Waals surface area contributed by atoms with Gasteiger partial charge in [0, 0.05) is 17.7 Å². The average Bonchev–Trinajstić information content (AvgIpc) is 2.56. The smallest absolute Gasteiger partial charge is 0.269 e. The summed E-state index contributed by atoms with van der Waals surface area (Å²) in [6, 6.07) is 16.3. The number of nitrogens with zero attached hydrogens (tertiary/aromatic N) is 1. The summed E-state index contributed by atoms with van der Waals surface area (Å²) in [5, 5.41) is 13.6. The topological polar surface area (TPSA) is 76.7 Å². The van der Waals surface area contributed by atoms with E-state index in [1.54, 1.807) is 12.1 Å².